The molecule has 1 aliphatic rings. The van der Waals surface area contributed by atoms with Gasteiger partial charge < -0.3 is 4.74 Å². The zero-order valence-electron chi connectivity index (χ0n) is 9.25. The first-order chi connectivity index (χ1) is 7.20. The van der Waals surface area contributed by atoms with Crippen LogP contribution in [0.25, 0.3) is 0 Å². The highest BCUT2D eigenvalue weighted by Crippen LogP contribution is 2.26. The standard InChI is InChI=1S/C13H16O2/c1-9-3-4-11-8-12(13(14)15-2)6-5-10(11)7-9/h3-4,7,12H,5-6,8H2,1-2H3/t12-/m1/s1. The SMILES string of the molecule is COC(=O)[C@@H]1CCc2cc(C)ccc2C1. The Kier molecular flexibility index (Phi) is 2.76. The van der Waals surface area contributed by atoms with E-state index in [4.69, 9.17) is 4.74 Å². The molecule has 0 bridgehead atoms. The number of benzene rings is 1. The molecule has 1 aromatic rings. The van der Waals surface area contributed by atoms with Gasteiger partial charge >= 0.3 is 5.97 Å². The average molecular weight is 204 g/mol. The molecule has 2 heteroatoms. The Balaban J connectivity index is 2.20. The van der Waals surface area contributed by atoms with Gasteiger partial charge in [-0.05, 0) is 37.3 Å². The van der Waals surface area contributed by atoms with E-state index in [1.165, 1.54) is 23.8 Å². The van der Waals surface area contributed by atoms with Crippen molar-refractivity contribution >= 4 is 5.97 Å². The number of ether oxygens (including phenoxy) is 1. The number of carbonyl (C=O) groups is 1. The summed E-state index contributed by atoms with van der Waals surface area (Å²) in [4.78, 5) is 11.4. The molecule has 0 aliphatic heterocycles. The molecule has 2 rings (SSSR count). The van der Waals surface area contributed by atoms with Crippen molar-refractivity contribution in [3.05, 3.63) is 34.9 Å². The van der Waals surface area contributed by atoms with Crippen LogP contribution in [0.5, 0.6) is 0 Å². The Morgan fingerprint density at radius 2 is 2.20 bits per heavy atom. The van der Waals surface area contributed by atoms with E-state index in [-0.39, 0.29) is 11.9 Å². The summed E-state index contributed by atoms with van der Waals surface area (Å²) in [6.45, 7) is 2.10. The highest BCUT2D eigenvalue weighted by molar-refractivity contribution is 5.73. The van der Waals surface area contributed by atoms with Crippen LogP contribution >= 0.6 is 0 Å². The lowest BCUT2D eigenvalue weighted by molar-refractivity contribution is -0.145. The van der Waals surface area contributed by atoms with E-state index in [1.54, 1.807) is 0 Å². The quantitative estimate of drug-likeness (QED) is 0.656. The molecule has 0 amide bonds. The number of rotatable bonds is 1. The van der Waals surface area contributed by atoms with Crippen molar-refractivity contribution in [1.82, 2.24) is 0 Å². The molecular formula is C13H16O2. The van der Waals surface area contributed by atoms with E-state index in [1.807, 2.05) is 0 Å². The second-order valence-electron chi connectivity index (χ2n) is 4.24. The fraction of sp³-hybridized carbons (Fsp3) is 0.462. The van der Waals surface area contributed by atoms with Gasteiger partial charge in [-0.3, -0.25) is 4.79 Å². The Hall–Kier alpha value is -1.31. The van der Waals surface area contributed by atoms with Crippen molar-refractivity contribution in [2.45, 2.75) is 26.2 Å². The van der Waals surface area contributed by atoms with Gasteiger partial charge in [-0.15, -0.1) is 0 Å². The van der Waals surface area contributed by atoms with E-state index >= 15 is 0 Å². The van der Waals surface area contributed by atoms with Gasteiger partial charge in [0.05, 0.1) is 13.0 Å². The molecule has 0 saturated heterocycles. The molecule has 0 heterocycles. The number of fused-ring (bicyclic) bond motifs is 1. The summed E-state index contributed by atoms with van der Waals surface area (Å²) in [5.41, 5.74) is 4.00. The number of methoxy groups -OCH3 is 1. The first kappa shape index (κ1) is 10.2. The van der Waals surface area contributed by atoms with Gasteiger partial charge in [-0.25, -0.2) is 0 Å². The van der Waals surface area contributed by atoms with Crippen molar-refractivity contribution in [3.8, 4) is 0 Å². The maximum Gasteiger partial charge on any atom is 0.309 e. The van der Waals surface area contributed by atoms with Gasteiger partial charge in [0.15, 0.2) is 0 Å². The normalized spacial score (nSPS) is 19.5. The predicted octanol–water partition coefficient (Wildman–Crippen LogP) is 2.27. The number of hydrogen-bond acceptors (Lipinski definition) is 2. The number of esters is 1. The second kappa shape index (κ2) is 4.05. The van der Waals surface area contributed by atoms with Crippen LogP contribution < -0.4 is 0 Å². The Bertz CT molecular complexity index is 382. The first-order valence-electron chi connectivity index (χ1n) is 5.37. The van der Waals surface area contributed by atoms with Gasteiger partial charge in [0.25, 0.3) is 0 Å². The molecule has 0 saturated carbocycles. The molecule has 0 spiro atoms. The van der Waals surface area contributed by atoms with Gasteiger partial charge in [-0.2, -0.15) is 0 Å². The maximum absolute atomic E-state index is 11.4. The summed E-state index contributed by atoms with van der Waals surface area (Å²) in [6.07, 6.45) is 2.75. The van der Waals surface area contributed by atoms with Crippen LogP contribution in [0.15, 0.2) is 18.2 Å². The van der Waals surface area contributed by atoms with Crippen molar-refractivity contribution < 1.29 is 9.53 Å². The molecular weight excluding hydrogens is 188 g/mol. The van der Waals surface area contributed by atoms with Gasteiger partial charge in [0.1, 0.15) is 0 Å². The molecule has 0 radical (unpaired) electrons. The molecule has 0 unspecified atom stereocenters. The number of aryl methyl sites for hydroxylation is 2. The fourth-order valence-corrected chi connectivity index (χ4v) is 2.25. The highest BCUT2D eigenvalue weighted by atomic mass is 16.5. The minimum Gasteiger partial charge on any atom is -0.469 e. The van der Waals surface area contributed by atoms with E-state index in [0.717, 1.165) is 19.3 Å². The van der Waals surface area contributed by atoms with Crippen LogP contribution in [-0.2, 0) is 22.4 Å². The van der Waals surface area contributed by atoms with Crippen LogP contribution in [-0.4, -0.2) is 13.1 Å². The van der Waals surface area contributed by atoms with E-state index < -0.39 is 0 Å². The van der Waals surface area contributed by atoms with Crippen molar-refractivity contribution in [2.24, 2.45) is 5.92 Å². The van der Waals surface area contributed by atoms with E-state index in [2.05, 4.69) is 25.1 Å². The highest BCUT2D eigenvalue weighted by Gasteiger charge is 2.24. The molecule has 1 aliphatic carbocycles. The zero-order valence-corrected chi connectivity index (χ0v) is 9.25. The Labute approximate surface area is 90.3 Å². The summed E-state index contributed by atoms with van der Waals surface area (Å²) in [5.74, 6) is -0.00793. The van der Waals surface area contributed by atoms with Crippen LogP contribution in [0.3, 0.4) is 0 Å². The largest absolute Gasteiger partial charge is 0.469 e. The lowest BCUT2D eigenvalue weighted by Crippen LogP contribution is -2.23. The number of hydrogen-bond donors (Lipinski definition) is 0. The first-order valence-corrected chi connectivity index (χ1v) is 5.37. The van der Waals surface area contributed by atoms with E-state index in [0.29, 0.717) is 0 Å². The molecule has 15 heavy (non-hydrogen) atoms. The minimum atomic E-state index is -0.0683. The molecule has 0 N–H and O–H groups in total. The number of carbonyl (C=O) groups excluding carboxylic acids is 1. The van der Waals surface area contributed by atoms with E-state index in [9.17, 15) is 4.79 Å². The predicted molar refractivity (Wildman–Crippen MR) is 58.7 cm³/mol. The maximum atomic E-state index is 11.4. The average Bonchev–Trinajstić information content (AvgIpc) is 2.27. The van der Waals surface area contributed by atoms with Gasteiger partial charge in [0.2, 0.25) is 0 Å². The summed E-state index contributed by atoms with van der Waals surface area (Å²) in [5, 5.41) is 0. The third-order valence-corrected chi connectivity index (χ3v) is 3.12. The molecule has 0 fully saturated rings. The Morgan fingerprint density at radius 3 is 2.93 bits per heavy atom. The lowest BCUT2D eigenvalue weighted by Gasteiger charge is -2.22. The molecule has 80 valence electrons. The van der Waals surface area contributed by atoms with Crippen LogP contribution in [0.2, 0.25) is 0 Å². The monoisotopic (exact) mass is 204 g/mol. The second-order valence-corrected chi connectivity index (χ2v) is 4.24. The molecule has 1 atom stereocenters. The molecule has 2 nitrogen and oxygen atoms in total. The van der Waals surface area contributed by atoms with Gasteiger partial charge in [0, 0.05) is 0 Å². The third-order valence-electron chi connectivity index (χ3n) is 3.12. The topological polar surface area (TPSA) is 26.3 Å². The minimum absolute atomic E-state index is 0.0604. The fourth-order valence-electron chi connectivity index (χ4n) is 2.25. The summed E-state index contributed by atoms with van der Waals surface area (Å²) >= 11 is 0. The van der Waals surface area contributed by atoms with Crippen LogP contribution in [0.1, 0.15) is 23.1 Å². The third kappa shape index (κ3) is 2.04. The van der Waals surface area contributed by atoms with Crippen LogP contribution in [0.4, 0.5) is 0 Å². The Morgan fingerprint density at radius 1 is 1.40 bits per heavy atom. The summed E-state index contributed by atoms with van der Waals surface area (Å²) in [6, 6.07) is 6.47. The smallest absolute Gasteiger partial charge is 0.309 e. The lowest BCUT2D eigenvalue weighted by atomic mass is 9.83. The van der Waals surface area contributed by atoms with Crippen molar-refractivity contribution in [1.29, 1.82) is 0 Å². The van der Waals surface area contributed by atoms with Crippen molar-refractivity contribution in [2.75, 3.05) is 7.11 Å². The van der Waals surface area contributed by atoms with Gasteiger partial charge in [-0.1, -0.05) is 23.8 Å². The summed E-state index contributed by atoms with van der Waals surface area (Å²) < 4.78 is 4.79. The molecule has 1 aromatic carbocycles. The summed E-state index contributed by atoms with van der Waals surface area (Å²) in [7, 11) is 1.47. The van der Waals surface area contributed by atoms with Crippen molar-refractivity contribution in [3.63, 3.8) is 0 Å². The molecule has 0 aromatic heterocycles. The van der Waals surface area contributed by atoms with Crippen LogP contribution in [0, 0.1) is 12.8 Å². The zero-order chi connectivity index (χ0) is 10.8.